The van der Waals surface area contributed by atoms with Crippen molar-refractivity contribution in [3.63, 3.8) is 0 Å². The monoisotopic (exact) mass is 304 g/mol. The molecule has 1 aliphatic carbocycles. The summed E-state index contributed by atoms with van der Waals surface area (Å²) in [5.74, 6) is 0.345. The first-order chi connectivity index (χ1) is 9.94. The number of nitrogens with one attached hydrogen (secondary N) is 1. The number of hydrogen-bond donors (Lipinski definition) is 2. The van der Waals surface area contributed by atoms with E-state index in [1.165, 1.54) is 0 Å². The van der Waals surface area contributed by atoms with E-state index in [1.807, 2.05) is 37.3 Å². The molecular formula is C16H20N2O2S. The largest absolute Gasteiger partial charge is 0.329 e. The summed E-state index contributed by atoms with van der Waals surface area (Å²) in [6.07, 6.45) is 2.07. The van der Waals surface area contributed by atoms with Gasteiger partial charge in [-0.25, -0.2) is 13.1 Å². The van der Waals surface area contributed by atoms with Gasteiger partial charge in [0.15, 0.2) is 0 Å². The van der Waals surface area contributed by atoms with Crippen LogP contribution in [0.3, 0.4) is 0 Å². The molecule has 0 radical (unpaired) electrons. The van der Waals surface area contributed by atoms with E-state index in [9.17, 15) is 8.42 Å². The van der Waals surface area contributed by atoms with Crippen molar-refractivity contribution in [2.45, 2.75) is 30.2 Å². The normalized spacial score (nSPS) is 18.6. The summed E-state index contributed by atoms with van der Waals surface area (Å²) in [6, 6.07) is 12.9. The zero-order chi connectivity index (χ0) is 15.1. The van der Waals surface area contributed by atoms with Gasteiger partial charge in [-0.3, -0.25) is 0 Å². The van der Waals surface area contributed by atoms with Gasteiger partial charge in [-0.1, -0.05) is 30.3 Å². The average Bonchev–Trinajstić information content (AvgIpc) is 3.31. The van der Waals surface area contributed by atoms with Crippen LogP contribution >= 0.6 is 0 Å². The van der Waals surface area contributed by atoms with Crippen molar-refractivity contribution in [3.8, 4) is 0 Å². The lowest BCUT2D eigenvalue weighted by Gasteiger charge is -2.29. The van der Waals surface area contributed by atoms with Crippen molar-refractivity contribution < 1.29 is 8.42 Å². The minimum Gasteiger partial charge on any atom is -0.329 e. The molecule has 0 aliphatic heterocycles. The lowest BCUT2D eigenvalue weighted by molar-refractivity contribution is 0.374. The molecule has 0 saturated heterocycles. The first-order valence-electron chi connectivity index (χ1n) is 7.17. The molecule has 21 heavy (non-hydrogen) atoms. The summed E-state index contributed by atoms with van der Waals surface area (Å²) in [5, 5.41) is 1.95. The number of benzene rings is 2. The van der Waals surface area contributed by atoms with Crippen LogP contribution in [0.2, 0.25) is 0 Å². The molecule has 0 amide bonds. The van der Waals surface area contributed by atoms with Gasteiger partial charge >= 0.3 is 0 Å². The van der Waals surface area contributed by atoms with Gasteiger partial charge in [0.2, 0.25) is 10.0 Å². The van der Waals surface area contributed by atoms with E-state index in [2.05, 4.69) is 4.72 Å². The number of fused-ring (bicyclic) bond motifs is 1. The Hall–Kier alpha value is -1.43. The predicted molar refractivity (Wildman–Crippen MR) is 84.5 cm³/mol. The van der Waals surface area contributed by atoms with Gasteiger partial charge in [0.25, 0.3) is 0 Å². The molecule has 0 heterocycles. The van der Waals surface area contributed by atoms with Crippen LogP contribution in [0, 0.1) is 5.92 Å². The molecule has 0 bridgehead atoms. The maximum Gasteiger partial charge on any atom is 0.241 e. The minimum absolute atomic E-state index is 0.293. The van der Waals surface area contributed by atoms with Crippen LogP contribution in [0.4, 0.5) is 0 Å². The molecule has 2 aromatic rings. The van der Waals surface area contributed by atoms with Gasteiger partial charge in [-0.05, 0) is 48.6 Å². The fraction of sp³-hybridized carbons (Fsp3) is 0.375. The van der Waals surface area contributed by atoms with Gasteiger partial charge in [0.1, 0.15) is 0 Å². The Balaban J connectivity index is 1.96. The molecule has 2 aromatic carbocycles. The SMILES string of the molecule is CC(CN)(NS(=O)(=O)c1ccc2ccccc2c1)C1CC1. The highest BCUT2D eigenvalue weighted by Gasteiger charge is 2.43. The predicted octanol–water partition coefficient (Wildman–Crippen LogP) is 2.25. The van der Waals surface area contributed by atoms with E-state index in [0.29, 0.717) is 17.4 Å². The molecule has 1 saturated carbocycles. The highest BCUT2D eigenvalue weighted by Crippen LogP contribution is 2.39. The van der Waals surface area contributed by atoms with Crippen molar-refractivity contribution >= 4 is 20.8 Å². The fourth-order valence-electron chi connectivity index (χ4n) is 2.71. The molecule has 5 heteroatoms. The van der Waals surface area contributed by atoms with Gasteiger partial charge in [0.05, 0.1) is 4.90 Å². The Bertz CT molecular complexity index is 769. The zero-order valence-corrected chi connectivity index (χ0v) is 12.9. The molecule has 1 aliphatic rings. The Labute approximate surface area is 125 Å². The molecule has 1 unspecified atom stereocenters. The molecule has 0 aromatic heterocycles. The Kier molecular flexibility index (Phi) is 3.51. The minimum atomic E-state index is -3.56. The number of nitrogens with two attached hydrogens (primary N) is 1. The maximum atomic E-state index is 12.6. The summed E-state index contributed by atoms with van der Waals surface area (Å²) in [4.78, 5) is 0.293. The van der Waals surface area contributed by atoms with Crippen molar-refractivity contribution in [3.05, 3.63) is 42.5 Å². The first-order valence-corrected chi connectivity index (χ1v) is 8.66. The van der Waals surface area contributed by atoms with Gasteiger partial charge in [-0.2, -0.15) is 0 Å². The summed E-state index contributed by atoms with van der Waals surface area (Å²) in [6.45, 7) is 2.20. The van der Waals surface area contributed by atoms with Crippen LogP contribution in [0.1, 0.15) is 19.8 Å². The smallest absolute Gasteiger partial charge is 0.241 e. The number of sulfonamides is 1. The van der Waals surface area contributed by atoms with E-state index < -0.39 is 15.6 Å². The standard InChI is InChI=1S/C16H20N2O2S/c1-16(11-17,14-7-8-14)18-21(19,20)15-9-6-12-4-2-3-5-13(12)10-15/h2-6,9-10,14,18H,7-8,11,17H2,1H3. The molecule has 1 atom stereocenters. The molecule has 3 N–H and O–H groups in total. The number of hydrogen-bond acceptors (Lipinski definition) is 3. The van der Waals surface area contributed by atoms with E-state index in [0.717, 1.165) is 23.6 Å². The average molecular weight is 304 g/mol. The van der Waals surface area contributed by atoms with Gasteiger partial charge in [-0.15, -0.1) is 0 Å². The molecule has 4 nitrogen and oxygen atoms in total. The van der Waals surface area contributed by atoms with Crippen LogP contribution in [0.15, 0.2) is 47.4 Å². The van der Waals surface area contributed by atoms with Crippen molar-refractivity contribution in [1.29, 1.82) is 0 Å². The fourth-order valence-corrected chi connectivity index (χ4v) is 4.22. The number of rotatable bonds is 5. The van der Waals surface area contributed by atoms with Crippen molar-refractivity contribution in [1.82, 2.24) is 4.72 Å². The van der Waals surface area contributed by atoms with Crippen LogP contribution in [-0.2, 0) is 10.0 Å². The van der Waals surface area contributed by atoms with Crippen LogP contribution in [0.25, 0.3) is 10.8 Å². The Morgan fingerprint density at radius 2 is 1.86 bits per heavy atom. The Morgan fingerprint density at radius 3 is 2.48 bits per heavy atom. The second kappa shape index (κ2) is 5.09. The van der Waals surface area contributed by atoms with Gasteiger partial charge in [0, 0.05) is 12.1 Å². The second-order valence-corrected chi connectivity index (χ2v) is 7.69. The summed E-state index contributed by atoms with van der Waals surface area (Å²) in [7, 11) is -3.56. The van der Waals surface area contributed by atoms with Crippen LogP contribution in [-0.4, -0.2) is 20.5 Å². The lowest BCUT2D eigenvalue weighted by atomic mass is 9.98. The highest BCUT2D eigenvalue weighted by molar-refractivity contribution is 7.89. The lowest BCUT2D eigenvalue weighted by Crippen LogP contribution is -2.52. The van der Waals surface area contributed by atoms with Crippen molar-refractivity contribution in [2.75, 3.05) is 6.54 Å². The third-order valence-corrected chi connectivity index (χ3v) is 5.91. The molecule has 112 valence electrons. The zero-order valence-electron chi connectivity index (χ0n) is 12.0. The maximum absolute atomic E-state index is 12.6. The molecular weight excluding hydrogens is 284 g/mol. The summed E-state index contributed by atoms with van der Waals surface area (Å²) < 4.78 is 28.0. The summed E-state index contributed by atoms with van der Waals surface area (Å²) >= 11 is 0. The van der Waals surface area contributed by atoms with Gasteiger partial charge < -0.3 is 5.73 Å². The van der Waals surface area contributed by atoms with Crippen molar-refractivity contribution in [2.24, 2.45) is 11.7 Å². The van der Waals surface area contributed by atoms with E-state index >= 15 is 0 Å². The third kappa shape index (κ3) is 2.81. The van der Waals surface area contributed by atoms with E-state index in [4.69, 9.17) is 5.73 Å². The third-order valence-electron chi connectivity index (χ3n) is 4.30. The quantitative estimate of drug-likeness (QED) is 0.890. The topological polar surface area (TPSA) is 72.2 Å². The molecule has 1 fully saturated rings. The molecule has 0 spiro atoms. The highest BCUT2D eigenvalue weighted by atomic mass is 32.2. The van der Waals surface area contributed by atoms with Crippen LogP contribution < -0.4 is 10.5 Å². The van der Waals surface area contributed by atoms with E-state index in [1.54, 1.807) is 12.1 Å². The van der Waals surface area contributed by atoms with Crippen LogP contribution in [0.5, 0.6) is 0 Å². The Morgan fingerprint density at radius 1 is 1.19 bits per heavy atom. The molecule has 3 rings (SSSR count). The summed E-state index contributed by atoms with van der Waals surface area (Å²) in [5.41, 5.74) is 5.25. The first kappa shape index (κ1) is 14.5. The second-order valence-electron chi connectivity index (χ2n) is 6.01. The van der Waals surface area contributed by atoms with E-state index in [-0.39, 0.29) is 0 Å².